The molecule has 0 aliphatic carbocycles. The van der Waals surface area contributed by atoms with E-state index >= 15 is 0 Å². The Labute approximate surface area is 157 Å². The topological polar surface area (TPSA) is 83.6 Å². The number of sulfone groups is 1. The first kappa shape index (κ1) is 19.9. The van der Waals surface area contributed by atoms with Gasteiger partial charge in [-0.1, -0.05) is 29.8 Å². The van der Waals surface area contributed by atoms with Crippen LogP contribution in [0.25, 0.3) is 0 Å². The first-order chi connectivity index (χ1) is 12.2. The first-order valence-electron chi connectivity index (χ1n) is 7.79. The quantitative estimate of drug-likeness (QED) is 0.816. The summed E-state index contributed by atoms with van der Waals surface area (Å²) >= 11 is 6.09. The van der Waals surface area contributed by atoms with E-state index in [2.05, 4.69) is 5.32 Å². The van der Waals surface area contributed by atoms with E-state index in [4.69, 9.17) is 11.6 Å². The molecule has 2 amide bonds. The van der Waals surface area contributed by atoms with E-state index in [1.165, 1.54) is 29.2 Å². The molecule has 6 nitrogen and oxygen atoms in total. The van der Waals surface area contributed by atoms with E-state index in [1.54, 1.807) is 38.4 Å². The molecule has 0 aromatic heterocycles. The minimum absolute atomic E-state index is 0.183. The SMILES string of the molecule is CN(C)C(=O)c1ccc(NC(=O)CCS(=O)(=O)c2ccccc2)cc1Cl. The van der Waals surface area contributed by atoms with E-state index in [0.717, 1.165) is 0 Å². The van der Waals surface area contributed by atoms with Crippen molar-refractivity contribution in [1.29, 1.82) is 0 Å². The molecule has 138 valence electrons. The summed E-state index contributed by atoms with van der Waals surface area (Å²) in [5, 5.41) is 2.80. The minimum Gasteiger partial charge on any atom is -0.345 e. The van der Waals surface area contributed by atoms with Crippen LogP contribution in [0.5, 0.6) is 0 Å². The summed E-state index contributed by atoms with van der Waals surface area (Å²) < 4.78 is 24.4. The number of rotatable bonds is 6. The smallest absolute Gasteiger partial charge is 0.254 e. The zero-order valence-electron chi connectivity index (χ0n) is 14.4. The lowest BCUT2D eigenvalue weighted by Gasteiger charge is -2.13. The number of nitrogens with one attached hydrogen (secondary N) is 1. The van der Waals surface area contributed by atoms with E-state index in [-0.39, 0.29) is 28.0 Å². The maximum Gasteiger partial charge on any atom is 0.254 e. The number of carbonyl (C=O) groups is 2. The first-order valence-corrected chi connectivity index (χ1v) is 9.82. The van der Waals surface area contributed by atoms with Gasteiger partial charge in [-0.2, -0.15) is 0 Å². The van der Waals surface area contributed by atoms with Crippen molar-refractivity contribution in [3.63, 3.8) is 0 Å². The highest BCUT2D eigenvalue weighted by molar-refractivity contribution is 7.91. The van der Waals surface area contributed by atoms with Gasteiger partial charge in [0.1, 0.15) is 0 Å². The summed E-state index contributed by atoms with van der Waals surface area (Å²) in [6.45, 7) is 0. The zero-order valence-corrected chi connectivity index (χ0v) is 16.0. The van der Waals surface area contributed by atoms with Gasteiger partial charge in [0.2, 0.25) is 5.91 Å². The van der Waals surface area contributed by atoms with Crippen molar-refractivity contribution in [2.24, 2.45) is 0 Å². The molecule has 2 rings (SSSR count). The van der Waals surface area contributed by atoms with Crippen LogP contribution in [0, 0.1) is 0 Å². The molecule has 0 saturated carbocycles. The van der Waals surface area contributed by atoms with Gasteiger partial charge in [-0.3, -0.25) is 9.59 Å². The molecular weight excluding hydrogens is 376 g/mol. The largest absolute Gasteiger partial charge is 0.345 e. The number of amides is 2. The molecule has 8 heteroatoms. The number of hydrogen-bond donors (Lipinski definition) is 1. The van der Waals surface area contributed by atoms with Gasteiger partial charge >= 0.3 is 0 Å². The lowest BCUT2D eigenvalue weighted by Crippen LogP contribution is -2.22. The van der Waals surface area contributed by atoms with Crippen LogP contribution in [0.3, 0.4) is 0 Å². The monoisotopic (exact) mass is 394 g/mol. The van der Waals surface area contributed by atoms with Crippen LogP contribution >= 0.6 is 11.6 Å². The van der Waals surface area contributed by atoms with Gasteiger partial charge in [-0.15, -0.1) is 0 Å². The van der Waals surface area contributed by atoms with Crippen molar-refractivity contribution in [2.45, 2.75) is 11.3 Å². The number of carbonyl (C=O) groups excluding carboxylic acids is 2. The van der Waals surface area contributed by atoms with E-state index < -0.39 is 15.7 Å². The van der Waals surface area contributed by atoms with Crippen molar-refractivity contribution in [1.82, 2.24) is 4.90 Å². The summed E-state index contributed by atoms with van der Waals surface area (Å²) in [5.74, 6) is -0.998. The second-order valence-corrected chi connectivity index (χ2v) is 8.34. The summed E-state index contributed by atoms with van der Waals surface area (Å²) in [7, 11) is -0.295. The van der Waals surface area contributed by atoms with Crippen molar-refractivity contribution >= 4 is 38.9 Å². The molecule has 0 atom stereocenters. The van der Waals surface area contributed by atoms with E-state index in [9.17, 15) is 18.0 Å². The molecule has 26 heavy (non-hydrogen) atoms. The summed E-state index contributed by atoms with van der Waals surface area (Å²) in [6, 6.07) is 12.5. The van der Waals surface area contributed by atoms with Gasteiger partial charge in [0.15, 0.2) is 9.84 Å². The van der Waals surface area contributed by atoms with Crippen LogP contribution < -0.4 is 5.32 Å². The summed E-state index contributed by atoms with van der Waals surface area (Å²) in [5.41, 5.74) is 0.716. The Bertz CT molecular complexity index is 912. The zero-order chi connectivity index (χ0) is 19.3. The molecule has 0 fully saturated rings. The predicted molar refractivity (Wildman–Crippen MR) is 101 cm³/mol. The van der Waals surface area contributed by atoms with Crippen LogP contribution in [-0.4, -0.2) is 45.0 Å². The molecule has 2 aromatic carbocycles. The number of anilines is 1. The van der Waals surface area contributed by atoms with Gasteiger partial charge in [0.25, 0.3) is 5.91 Å². The Hall–Kier alpha value is -2.38. The maximum absolute atomic E-state index is 12.2. The molecule has 0 unspecified atom stereocenters. The van der Waals surface area contributed by atoms with Crippen LogP contribution in [0.4, 0.5) is 5.69 Å². The molecule has 1 N–H and O–H groups in total. The predicted octanol–water partition coefficient (Wildman–Crippen LogP) is 2.84. The fourth-order valence-electron chi connectivity index (χ4n) is 2.20. The highest BCUT2D eigenvalue weighted by Gasteiger charge is 2.17. The molecule has 2 aromatic rings. The molecule has 0 saturated heterocycles. The molecule has 0 aliphatic rings. The lowest BCUT2D eigenvalue weighted by molar-refractivity contribution is -0.115. The molecular formula is C18H19ClN2O4S. The third-order valence-electron chi connectivity index (χ3n) is 3.59. The van der Waals surface area contributed by atoms with E-state index in [1.807, 2.05) is 0 Å². The molecule has 0 radical (unpaired) electrons. The third kappa shape index (κ3) is 5.06. The van der Waals surface area contributed by atoms with Crippen molar-refractivity contribution < 1.29 is 18.0 Å². The van der Waals surface area contributed by atoms with Crippen LogP contribution in [0.15, 0.2) is 53.4 Å². The number of nitrogens with zero attached hydrogens (tertiary/aromatic N) is 1. The van der Waals surface area contributed by atoms with Gasteiger partial charge in [0, 0.05) is 26.2 Å². The maximum atomic E-state index is 12.2. The summed E-state index contributed by atoms with van der Waals surface area (Å²) in [6.07, 6.45) is -0.187. The third-order valence-corrected chi connectivity index (χ3v) is 5.63. The molecule has 0 aliphatic heterocycles. The molecule has 0 bridgehead atoms. The van der Waals surface area contributed by atoms with Gasteiger partial charge in [-0.05, 0) is 30.3 Å². The van der Waals surface area contributed by atoms with Gasteiger partial charge in [-0.25, -0.2) is 8.42 Å². The Kier molecular flexibility index (Phi) is 6.39. The number of halogens is 1. The standard InChI is InChI=1S/C18H19ClN2O4S/c1-21(2)18(23)15-9-8-13(12-16(15)19)20-17(22)10-11-26(24,25)14-6-4-3-5-7-14/h3-9,12H,10-11H2,1-2H3,(H,20,22). The number of benzene rings is 2. The average molecular weight is 395 g/mol. The van der Waals surface area contributed by atoms with Gasteiger partial charge in [0.05, 0.1) is 21.2 Å². The fraction of sp³-hybridized carbons (Fsp3) is 0.222. The van der Waals surface area contributed by atoms with Crippen molar-refractivity contribution in [3.05, 3.63) is 59.1 Å². The second-order valence-electron chi connectivity index (χ2n) is 5.82. The van der Waals surface area contributed by atoms with Crippen LogP contribution in [0.1, 0.15) is 16.8 Å². The lowest BCUT2D eigenvalue weighted by atomic mass is 10.2. The Morgan fingerprint density at radius 2 is 1.73 bits per heavy atom. The Balaban J connectivity index is 2.00. The van der Waals surface area contributed by atoms with Crippen LogP contribution in [-0.2, 0) is 14.6 Å². The Morgan fingerprint density at radius 1 is 1.08 bits per heavy atom. The van der Waals surface area contributed by atoms with Gasteiger partial charge < -0.3 is 10.2 Å². The van der Waals surface area contributed by atoms with Crippen molar-refractivity contribution in [3.8, 4) is 0 Å². The van der Waals surface area contributed by atoms with E-state index in [0.29, 0.717) is 11.3 Å². The average Bonchev–Trinajstić information content (AvgIpc) is 2.60. The minimum atomic E-state index is -3.52. The fourth-order valence-corrected chi connectivity index (χ4v) is 3.73. The van der Waals surface area contributed by atoms with Crippen molar-refractivity contribution in [2.75, 3.05) is 25.2 Å². The second kappa shape index (κ2) is 8.33. The van der Waals surface area contributed by atoms with Crippen LogP contribution in [0.2, 0.25) is 5.02 Å². The highest BCUT2D eigenvalue weighted by Crippen LogP contribution is 2.22. The highest BCUT2D eigenvalue weighted by atomic mass is 35.5. The molecule has 0 spiro atoms. The summed E-state index contributed by atoms with van der Waals surface area (Å²) in [4.78, 5) is 25.5. The normalized spacial score (nSPS) is 11.0. The number of hydrogen-bond acceptors (Lipinski definition) is 4. The molecule has 0 heterocycles. The Morgan fingerprint density at radius 3 is 2.31 bits per heavy atom.